The third-order valence-corrected chi connectivity index (χ3v) is 4.94. The molecule has 0 saturated carbocycles. The maximum absolute atomic E-state index is 12.6. The number of methoxy groups -OCH3 is 2. The minimum atomic E-state index is -0.237. The number of hydrogen-bond donors (Lipinski definition) is 2. The third kappa shape index (κ3) is 3.24. The van der Waals surface area contributed by atoms with Crippen molar-refractivity contribution in [3.05, 3.63) is 59.6 Å². The van der Waals surface area contributed by atoms with Gasteiger partial charge in [0.05, 0.1) is 25.5 Å². The average Bonchev–Trinajstić information content (AvgIpc) is 3.34. The highest BCUT2D eigenvalue weighted by Crippen LogP contribution is 2.39. The van der Waals surface area contributed by atoms with E-state index >= 15 is 0 Å². The van der Waals surface area contributed by atoms with Crippen LogP contribution < -0.4 is 14.8 Å². The van der Waals surface area contributed by atoms with Crippen LogP contribution >= 0.6 is 11.3 Å². The van der Waals surface area contributed by atoms with Crippen LogP contribution in [0.1, 0.15) is 10.5 Å². The van der Waals surface area contributed by atoms with Crippen LogP contribution in [0.15, 0.2) is 53.9 Å². The normalized spacial score (nSPS) is 10.7. The molecular weight excluding hydrogens is 362 g/mol. The Kier molecular flexibility index (Phi) is 4.52. The number of benzene rings is 2. The Bertz CT molecular complexity index is 1060. The molecule has 2 aromatic heterocycles. The smallest absolute Gasteiger partial charge is 0.273 e. The molecule has 7 heteroatoms. The van der Waals surface area contributed by atoms with Gasteiger partial charge in [0.2, 0.25) is 0 Å². The Morgan fingerprint density at radius 1 is 1.07 bits per heavy atom. The van der Waals surface area contributed by atoms with Crippen molar-refractivity contribution < 1.29 is 14.3 Å². The van der Waals surface area contributed by atoms with E-state index < -0.39 is 0 Å². The summed E-state index contributed by atoms with van der Waals surface area (Å²) in [5, 5.41) is 6.19. The van der Waals surface area contributed by atoms with Gasteiger partial charge in [0.25, 0.3) is 5.91 Å². The van der Waals surface area contributed by atoms with Crippen LogP contribution in [0.4, 0.5) is 5.13 Å². The highest BCUT2D eigenvalue weighted by Gasteiger charge is 2.17. The van der Waals surface area contributed by atoms with Gasteiger partial charge in [0.15, 0.2) is 5.13 Å². The number of hydrogen-bond acceptors (Lipinski definition) is 5. The van der Waals surface area contributed by atoms with E-state index in [9.17, 15) is 4.79 Å². The van der Waals surface area contributed by atoms with E-state index in [1.807, 2.05) is 53.9 Å². The number of carbonyl (C=O) groups is 1. The van der Waals surface area contributed by atoms with Crippen LogP contribution in [0.3, 0.4) is 0 Å². The van der Waals surface area contributed by atoms with Crippen molar-refractivity contribution in [1.29, 1.82) is 0 Å². The zero-order valence-electron chi connectivity index (χ0n) is 14.8. The van der Waals surface area contributed by atoms with Gasteiger partial charge in [-0.3, -0.25) is 10.1 Å². The molecule has 0 fully saturated rings. The minimum Gasteiger partial charge on any atom is -0.496 e. The summed E-state index contributed by atoms with van der Waals surface area (Å²) in [5.41, 5.74) is 2.84. The molecule has 2 N–H and O–H groups in total. The van der Waals surface area contributed by atoms with Crippen LogP contribution in [-0.2, 0) is 0 Å². The van der Waals surface area contributed by atoms with Crippen molar-refractivity contribution in [3.63, 3.8) is 0 Å². The highest BCUT2D eigenvalue weighted by atomic mass is 32.1. The number of H-pyrrole nitrogens is 1. The Labute approximate surface area is 159 Å². The number of nitrogens with zero attached hydrogens (tertiary/aromatic N) is 1. The molecule has 136 valence electrons. The van der Waals surface area contributed by atoms with Gasteiger partial charge in [0.1, 0.15) is 17.2 Å². The molecule has 0 aliphatic rings. The van der Waals surface area contributed by atoms with Gasteiger partial charge >= 0.3 is 0 Å². The Morgan fingerprint density at radius 3 is 2.52 bits per heavy atom. The largest absolute Gasteiger partial charge is 0.496 e. The summed E-state index contributed by atoms with van der Waals surface area (Å²) in [6.07, 6.45) is 0. The fraction of sp³-hybridized carbons (Fsp3) is 0.100. The van der Waals surface area contributed by atoms with E-state index in [4.69, 9.17) is 9.47 Å². The summed E-state index contributed by atoms with van der Waals surface area (Å²) in [5.74, 6) is 1.08. The van der Waals surface area contributed by atoms with Gasteiger partial charge in [-0.15, -0.1) is 11.3 Å². The second-order valence-electron chi connectivity index (χ2n) is 5.80. The Hall–Kier alpha value is -3.32. The number of thiazole rings is 1. The molecule has 0 unspecified atom stereocenters. The maximum atomic E-state index is 12.6. The second-order valence-corrected chi connectivity index (χ2v) is 6.66. The van der Waals surface area contributed by atoms with Crippen molar-refractivity contribution >= 4 is 33.3 Å². The van der Waals surface area contributed by atoms with E-state index in [-0.39, 0.29) is 5.91 Å². The number of amides is 1. The predicted octanol–water partition coefficient (Wildman–Crippen LogP) is 4.56. The number of ether oxygens (including phenoxy) is 2. The molecule has 0 atom stereocenters. The molecule has 2 aromatic carbocycles. The average molecular weight is 379 g/mol. The van der Waals surface area contributed by atoms with Crippen molar-refractivity contribution in [1.82, 2.24) is 9.97 Å². The summed E-state index contributed by atoms with van der Waals surface area (Å²) in [6.45, 7) is 0. The monoisotopic (exact) mass is 379 g/mol. The number of nitrogens with one attached hydrogen (secondary N) is 2. The summed E-state index contributed by atoms with van der Waals surface area (Å²) >= 11 is 1.34. The topological polar surface area (TPSA) is 76.2 Å². The van der Waals surface area contributed by atoms with Gasteiger partial charge in [-0.2, -0.15) is 0 Å². The van der Waals surface area contributed by atoms with E-state index in [1.165, 1.54) is 11.3 Å². The van der Waals surface area contributed by atoms with Gasteiger partial charge in [-0.25, -0.2) is 4.98 Å². The fourth-order valence-corrected chi connectivity index (χ4v) is 3.61. The molecular formula is C20H17N3O3S. The fourth-order valence-electron chi connectivity index (χ4n) is 2.91. The molecule has 0 radical (unpaired) electrons. The molecule has 2 heterocycles. The third-order valence-electron chi connectivity index (χ3n) is 4.18. The van der Waals surface area contributed by atoms with Crippen LogP contribution in [0, 0.1) is 0 Å². The summed E-state index contributed by atoms with van der Waals surface area (Å²) in [6, 6.07) is 15.1. The number of rotatable bonds is 5. The zero-order chi connectivity index (χ0) is 18.8. The highest BCUT2D eigenvalue weighted by molar-refractivity contribution is 7.14. The van der Waals surface area contributed by atoms with Crippen molar-refractivity contribution in [2.24, 2.45) is 0 Å². The molecule has 4 rings (SSSR count). The number of aromatic amines is 1. The number of anilines is 1. The van der Waals surface area contributed by atoms with Crippen LogP contribution in [0.2, 0.25) is 0 Å². The lowest BCUT2D eigenvalue weighted by Crippen LogP contribution is -2.11. The molecule has 4 aromatic rings. The first kappa shape index (κ1) is 17.1. The zero-order valence-corrected chi connectivity index (χ0v) is 15.6. The molecule has 0 aliphatic heterocycles. The lowest BCUT2D eigenvalue weighted by atomic mass is 10.1. The molecule has 27 heavy (non-hydrogen) atoms. The lowest BCUT2D eigenvalue weighted by Gasteiger charge is -2.10. The van der Waals surface area contributed by atoms with Crippen LogP contribution in [0.5, 0.6) is 11.5 Å². The van der Waals surface area contributed by atoms with Gasteiger partial charge in [0, 0.05) is 16.3 Å². The molecule has 0 spiro atoms. The predicted molar refractivity (Wildman–Crippen MR) is 107 cm³/mol. The molecule has 1 amide bonds. The maximum Gasteiger partial charge on any atom is 0.273 e. The summed E-state index contributed by atoms with van der Waals surface area (Å²) in [4.78, 5) is 20.2. The molecule has 0 aliphatic carbocycles. The van der Waals surface area contributed by atoms with E-state index in [2.05, 4.69) is 15.3 Å². The van der Waals surface area contributed by atoms with Gasteiger partial charge in [-0.1, -0.05) is 24.3 Å². The number of para-hydroxylation sites is 1. The van der Waals surface area contributed by atoms with E-state index in [0.717, 1.165) is 16.5 Å². The first-order chi connectivity index (χ1) is 13.2. The van der Waals surface area contributed by atoms with Crippen molar-refractivity contribution in [3.8, 4) is 22.8 Å². The van der Waals surface area contributed by atoms with E-state index in [0.29, 0.717) is 28.0 Å². The number of fused-ring (bicyclic) bond motifs is 1. The summed E-state index contributed by atoms with van der Waals surface area (Å²) < 4.78 is 10.9. The van der Waals surface area contributed by atoms with Crippen LogP contribution in [-0.4, -0.2) is 30.1 Å². The Morgan fingerprint density at radius 2 is 1.81 bits per heavy atom. The molecule has 6 nitrogen and oxygen atoms in total. The first-order valence-electron chi connectivity index (χ1n) is 8.25. The minimum absolute atomic E-state index is 0.237. The summed E-state index contributed by atoms with van der Waals surface area (Å²) in [7, 11) is 3.20. The van der Waals surface area contributed by atoms with Gasteiger partial charge in [-0.05, 0) is 24.3 Å². The Balaban J connectivity index is 1.61. The second kappa shape index (κ2) is 7.13. The van der Waals surface area contributed by atoms with Crippen molar-refractivity contribution in [2.45, 2.75) is 0 Å². The lowest BCUT2D eigenvalue weighted by molar-refractivity contribution is 0.102. The van der Waals surface area contributed by atoms with Crippen molar-refractivity contribution in [2.75, 3.05) is 19.5 Å². The SMILES string of the molecule is COc1cccc(OC)c1-c1csc(NC(=O)c2cc3ccccc3[nH]2)n1. The van der Waals surface area contributed by atoms with Gasteiger partial charge < -0.3 is 14.5 Å². The standard InChI is InChI=1S/C20H17N3O3S/c1-25-16-8-5-9-17(26-2)18(16)15-11-27-20(22-15)23-19(24)14-10-12-6-3-4-7-13(12)21-14/h3-11,21H,1-2H3,(H,22,23,24). The molecule has 0 bridgehead atoms. The number of carbonyl (C=O) groups excluding carboxylic acids is 1. The van der Waals surface area contributed by atoms with E-state index in [1.54, 1.807) is 14.2 Å². The number of aromatic nitrogens is 2. The van der Waals surface area contributed by atoms with Crippen LogP contribution in [0.25, 0.3) is 22.2 Å². The molecule has 0 saturated heterocycles. The quantitative estimate of drug-likeness (QED) is 0.533. The first-order valence-corrected chi connectivity index (χ1v) is 9.13.